The number of piperidine rings is 1. The number of amides is 1. The first kappa shape index (κ1) is 25.5. The summed E-state index contributed by atoms with van der Waals surface area (Å²) in [4.78, 5) is 26.7. The van der Waals surface area contributed by atoms with E-state index in [0.717, 1.165) is 4.31 Å². The summed E-state index contributed by atoms with van der Waals surface area (Å²) in [6.07, 6.45) is 0.978. The van der Waals surface area contributed by atoms with Crippen LogP contribution in [0.15, 0.2) is 53.4 Å². The normalized spacial score (nSPS) is 15.0. The molecule has 7 nitrogen and oxygen atoms in total. The van der Waals surface area contributed by atoms with Gasteiger partial charge in [0, 0.05) is 19.6 Å². The van der Waals surface area contributed by atoms with Gasteiger partial charge in [0.2, 0.25) is 15.9 Å². The second-order valence-electron chi connectivity index (χ2n) is 7.74. The molecule has 1 fully saturated rings. The monoisotopic (exact) mass is 512 g/mol. The standard InChI is InChI=1S/C23H26Cl2N2O5S/c1-2-32-23(29)18-10-12-26(13-11-18)22(28)16-27(15-17-8-9-20(24)21(25)14-17)33(30,31)19-6-4-3-5-7-19/h3-9,14,18H,2,10-13,15-16H2,1H3. The van der Waals surface area contributed by atoms with Crippen LogP contribution in [0.5, 0.6) is 0 Å². The highest BCUT2D eigenvalue weighted by Gasteiger charge is 2.32. The number of benzene rings is 2. The van der Waals surface area contributed by atoms with E-state index >= 15 is 0 Å². The smallest absolute Gasteiger partial charge is 0.309 e. The van der Waals surface area contributed by atoms with Gasteiger partial charge in [0.25, 0.3) is 0 Å². The molecule has 0 N–H and O–H groups in total. The summed E-state index contributed by atoms with van der Waals surface area (Å²) in [6, 6.07) is 12.8. The van der Waals surface area contributed by atoms with Crippen LogP contribution in [0, 0.1) is 5.92 Å². The van der Waals surface area contributed by atoms with Gasteiger partial charge in [-0.1, -0.05) is 47.5 Å². The van der Waals surface area contributed by atoms with Crippen molar-refractivity contribution in [2.45, 2.75) is 31.2 Å². The first-order valence-electron chi connectivity index (χ1n) is 10.7. The van der Waals surface area contributed by atoms with Crippen molar-refractivity contribution >= 4 is 45.1 Å². The Morgan fingerprint density at radius 1 is 1.06 bits per heavy atom. The molecule has 0 saturated carbocycles. The van der Waals surface area contributed by atoms with Crippen LogP contribution in [0.4, 0.5) is 0 Å². The molecule has 0 unspecified atom stereocenters. The first-order valence-corrected chi connectivity index (χ1v) is 12.9. The summed E-state index contributed by atoms with van der Waals surface area (Å²) in [5.74, 6) is -0.816. The summed E-state index contributed by atoms with van der Waals surface area (Å²) in [6.45, 7) is 2.44. The molecule has 0 aromatic heterocycles. The fraction of sp³-hybridized carbons (Fsp3) is 0.391. The number of hydrogen-bond acceptors (Lipinski definition) is 5. The molecule has 1 aliphatic heterocycles. The van der Waals surface area contributed by atoms with Crippen molar-refractivity contribution in [1.29, 1.82) is 0 Å². The molecule has 1 amide bonds. The van der Waals surface area contributed by atoms with Gasteiger partial charge in [-0.25, -0.2) is 8.42 Å². The van der Waals surface area contributed by atoms with E-state index in [1.54, 1.807) is 48.2 Å². The second-order valence-corrected chi connectivity index (χ2v) is 10.5. The zero-order valence-electron chi connectivity index (χ0n) is 18.2. The van der Waals surface area contributed by atoms with Gasteiger partial charge in [-0.2, -0.15) is 4.31 Å². The summed E-state index contributed by atoms with van der Waals surface area (Å²) in [5.41, 5.74) is 0.609. The summed E-state index contributed by atoms with van der Waals surface area (Å²) in [7, 11) is -3.95. The Bertz CT molecular complexity index is 1090. The maximum atomic E-state index is 13.4. The molecular weight excluding hydrogens is 487 g/mol. The van der Waals surface area contributed by atoms with E-state index in [1.165, 1.54) is 12.1 Å². The lowest BCUT2D eigenvalue weighted by Crippen LogP contribution is -2.46. The average Bonchev–Trinajstić information content (AvgIpc) is 2.81. The molecular formula is C23H26Cl2N2O5S. The van der Waals surface area contributed by atoms with Crippen LogP contribution in [-0.4, -0.2) is 55.7 Å². The van der Waals surface area contributed by atoms with E-state index in [0.29, 0.717) is 48.1 Å². The third kappa shape index (κ3) is 6.47. The largest absolute Gasteiger partial charge is 0.466 e. The van der Waals surface area contributed by atoms with Crippen molar-refractivity contribution < 1.29 is 22.7 Å². The number of carbonyl (C=O) groups is 2. The fourth-order valence-electron chi connectivity index (χ4n) is 3.68. The Labute approximate surface area is 204 Å². The van der Waals surface area contributed by atoms with Gasteiger partial charge in [0.05, 0.1) is 34.0 Å². The van der Waals surface area contributed by atoms with E-state index in [-0.39, 0.29) is 35.8 Å². The van der Waals surface area contributed by atoms with Crippen molar-refractivity contribution in [2.75, 3.05) is 26.2 Å². The molecule has 0 atom stereocenters. The topological polar surface area (TPSA) is 84.0 Å². The molecule has 1 aliphatic rings. The summed E-state index contributed by atoms with van der Waals surface area (Å²) < 4.78 is 32.9. The number of hydrogen-bond donors (Lipinski definition) is 0. The van der Waals surface area contributed by atoms with Crippen LogP contribution in [0.2, 0.25) is 10.0 Å². The van der Waals surface area contributed by atoms with Crippen molar-refractivity contribution in [3.05, 3.63) is 64.1 Å². The predicted octanol–water partition coefficient (Wildman–Crippen LogP) is 3.99. The molecule has 3 rings (SSSR count). The lowest BCUT2D eigenvalue weighted by Gasteiger charge is -2.32. The average molecular weight is 513 g/mol. The van der Waals surface area contributed by atoms with Crippen LogP contribution < -0.4 is 0 Å². The minimum atomic E-state index is -3.95. The number of sulfonamides is 1. The van der Waals surface area contributed by atoms with E-state index < -0.39 is 10.0 Å². The molecule has 2 aromatic rings. The highest BCUT2D eigenvalue weighted by Crippen LogP contribution is 2.26. The maximum Gasteiger partial charge on any atom is 0.309 e. The number of carbonyl (C=O) groups excluding carboxylic acids is 2. The molecule has 0 aliphatic carbocycles. The number of ether oxygens (including phenoxy) is 1. The Morgan fingerprint density at radius 3 is 2.33 bits per heavy atom. The minimum Gasteiger partial charge on any atom is -0.466 e. The third-order valence-corrected chi connectivity index (χ3v) is 8.05. The van der Waals surface area contributed by atoms with Crippen LogP contribution in [0.3, 0.4) is 0 Å². The Balaban J connectivity index is 1.77. The molecule has 0 radical (unpaired) electrons. The van der Waals surface area contributed by atoms with E-state index in [9.17, 15) is 18.0 Å². The minimum absolute atomic E-state index is 0.0425. The number of esters is 1. The van der Waals surface area contributed by atoms with Crippen LogP contribution in [0.25, 0.3) is 0 Å². The SMILES string of the molecule is CCOC(=O)C1CCN(C(=O)CN(Cc2ccc(Cl)c(Cl)c2)S(=O)(=O)c2ccccc2)CC1. The fourth-order valence-corrected chi connectivity index (χ4v) is 5.40. The molecule has 33 heavy (non-hydrogen) atoms. The third-order valence-electron chi connectivity index (χ3n) is 5.50. The van der Waals surface area contributed by atoms with Gasteiger partial charge in [-0.05, 0) is 49.6 Å². The van der Waals surface area contributed by atoms with Crippen LogP contribution in [0.1, 0.15) is 25.3 Å². The zero-order valence-corrected chi connectivity index (χ0v) is 20.6. The predicted molar refractivity (Wildman–Crippen MR) is 126 cm³/mol. The van der Waals surface area contributed by atoms with Gasteiger partial charge in [0.15, 0.2) is 0 Å². The molecule has 0 bridgehead atoms. The van der Waals surface area contributed by atoms with Crippen molar-refractivity contribution in [2.24, 2.45) is 5.92 Å². The van der Waals surface area contributed by atoms with E-state index in [2.05, 4.69) is 0 Å². The molecule has 10 heteroatoms. The van der Waals surface area contributed by atoms with Crippen LogP contribution >= 0.6 is 23.2 Å². The molecule has 2 aromatic carbocycles. The Morgan fingerprint density at radius 2 is 1.73 bits per heavy atom. The molecule has 178 valence electrons. The quantitative estimate of drug-likeness (QED) is 0.499. The maximum absolute atomic E-state index is 13.4. The van der Waals surface area contributed by atoms with Crippen molar-refractivity contribution in [3.63, 3.8) is 0 Å². The lowest BCUT2D eigenvalue weighted by molar-refractivity contribution is -0.151. The van der Waals surface area contributed by atoms with Crippen molar-refractivity contribution in [3.8, 4) is 0 Å². The zero-order chi connectivity index (χ0) is 24.0. The Hall–Kier alpha value is -2.13. The Kier molecular flexibility index (Phi) is 8.75. The van der Waals surface area contributed by atoms with Crippen LogP contribution in [-0.2, 0) is 30.9 Å². The van der Waals surface area contributed by atoms with Gasteiger partial charge < -0.3 is 9.64 Å². The summed E-state index contributed by atoms with van der Waals surface area (Å²) >= 11 is 12.1. The molecule has 1 saturated heterocycles. The van der Waals surface area contributed by atoms with Gasteiger partial charge in [0.1, 0.15) is 0 Å². The first-order chi connectivity index (χ1) is 15.7. The van der Waals surface area contributed by atoms with Crippen molar-refractivity contribution in [1.82, 2.24) is 9.21 Å². The second kappa shape index (κ2) is 11.3. The number of likely N-dealkylation sites (tertiary alicyclic amines) is 1. The van der Waals surface area contributed by atoms with Gasteiger partial charge >= 0.3 is 5.97 Å². The highest BCUT2D eigenvalue weighted by atomic mass is 35.5. The molecule has 1 heterocycles. The number of rotatable bonds is 8. The van der Waals surface area contributed by atoms with Gasteiger partial charge in [-0.15, -0.1) is 0 Å². The number of halogens is 2. The van der Waals surface area contributed by atoms with E-state index in [4.69, 9.17) is 27.9 Å². The highest BCUT2D eigenvalue weighted by molar-refractivity contribution is 7.89. The van der Waals surface area contributed by atoms with Gasteiger partial charge in [-0.3, -0.25) is 9.59 Å². The lowest BCUT2D eigenvalue weighted by atomic mass is 9.97. The molecule has 0 spiro atoms. The number of nitrogens with zero attached hydrogens (tertiary/aromatic N) is 2. The van der Waals surface area contributed by atoms with E-state index in [1.807, 2.05) is 0 Å². The summed E-state index contributed by atoms with van der Waals surface area (Å²) in [5, 5.41) is 0.664.